The second-order valence-corrected chi connectivity index (χ2v) is 3.79. The summed E-state index contributed by atoms with van der Waals surface area (Å²) >= 11 is 0. The molecule has 0 spiro atoms. The van der Waals surface area contributed by atoms with Gasteiger partial charge < -0.3 is 4.57 Å². The molecule has 0 aliphatic carbocycles. The zero-order valence-electron chi connectivity index (χ0n) is 9.18. The monoisotopic (exact) mass is 202 g/mol. The molecule has 0 N–H and O–H groups in total. The Morgan fingerprint density at radius 1 is 1.33 bits per heavy atom. The quantitative estimate of drug-likeness (QED) is 0.750. The Bertz CT molecular complexity index is 459. The topological polar surface area (TPSA) is 43.6 Å². The summed E-state index contributed by atoms with van der Waals surface area (Å²) in [7, 11) is 0. The third kappa shape index (κ3) is 1.75. The predicted octanol–water partition coefficient (Wildman–Crippen LogP) is 2.23. The highest BCUT2D eigenvalue weighted by Crippen LogP contribution is 2.21. The first-order chi connectivity index (χ1) is 7.20. The van der Waals surface area contributed by atoms with Gasteiger partial charge in [0.05, 0.1) is 0 Å². The van der Waals surface area contributed by atoms with Gasteiger partial charge in [-0.15, -0.1) is 10.2 Å². The van der Waals surface area contributed by atoms with Gasteiger partial charge in [-0.05, 0) is 32.9 Å². The zero-order valence-corrected chi connectivity index (χ0v) is 9.18. The third-order valence-corrected chi connectivity index (χ3v) is 2.38. The number of hydrogen-bond donors (Lipinski definition) is 0. The molecule has 15 heavy (non-hydrogen) atoms. The molecule has 78 valence electrons. The second kappa shape index (κ2) is 3.81. The van der Waals surface area contributed by atoms with Crippen LogP contribution in [-0.4, -0.2) is 19.7 Å². The van der Waals surface area contributed by atoms with Crippen LogP contribution in [0.2, 0.25) is 0 Å². The molecule has 0 radical (unpaired) electrons. The fraction of sp³-hybridized carbons (Fsp3) is 0.364. The van der Waals surface area contributed by atoms with Crippen LogP contribution in [0.25, 0.3) is 11.4 Å². The van der Waals surface area contributed by atoms with Crippen molar-refractivity contribution in [3.8, 4) is 11.4 Å². The Morgan fingerprint density at radius 3 is 2.80 bits per heavy atom. The van der Waals surface area contributed by atoms with Crippen molar-refractivity contribution in [3.63, 3.8) is 0 Å². The van der Waals surface area contributed by atoms with Crippen molar-refractivity contribution in [1.82, 2.24) is 19.7 Å². The summed E-state index contributed by atoms with van der Waals surface area (Å²) in [5, 5.41) is 8.09. The molecule has 0 atom stereocenters. The summed E-state index contributed by atoms with van der Waals surface area (Å²) in [4.78, 5) is 4.25. The molecule has 2 aromatic rings. The third-order valence-electron chi connectivity index (χ3n) is 2.38. The summed E-state index contributed by atoms with van der Waals surface area (Å²) in [5.41, 5.74) is 2.02. The van der Waals surface area contributed by atoms with E-state index in [0.717, 1.165) is 17.1 Å². The number of pyridine rings is 1. The molecule has 0 aliphatic rings. The van der Waals surface area contributed by atoms with Crippen LogP contribution in [0, 0.1) is 6.92 Å². The summed E-state index contributed by atoms with van der Waals surface area (Å²) < 4.78 is 2.05. The molecular weight excluding hydrogens is 188 g/mol. The Balaban J connectivity index is 2.55. The van der Waals surface area contributed by atoms with E-state index in [1.165, 1.54) is 0 Å². The SMILES string of the molecule is Cc1ncccc1-c1nncn1C(C)C. The van der Waals surface area contributed by atoms with Crippen LogP contribution >= 0.6 is 0 Å². The first kappa shape index (κ1) is 9.83. The summed E-state index contributed by atoms with van der Waals surface area (Å²) in [6.45, 7) is 6.20. The van der Waals surface area contributed by atoms with Gasteiger partial charge in [0.2, 0.25) is 0 Å². The maximum atomic E-state index is 4.25. The Labute approximate surface area is 89.0 Å². The van der Waals surface area contributed by atoms with Gasteiger partial charge in [-0.25, -0.2) is 0 Å². The van der Waals surface area contributed by atoms with E-state index in [1.54, 1.807) is 12.5 Å². The van der Waals surface area contributed by atoms with E-state index in [4.69, 9.17) is 0 Å². The molecule has 0 unspecified atom stereocenters. The molecular formula is C11H14N4. The normalized spacial score (nSPS) is 10.9. The minimum atomic E-state index is 0.356. The van der Waals surface area contributed by atoms with Crippen LogP contribution < -0.4 is 0 Å². The largest absolute Gasteiger partial charge is 0.311 e. The van der Waals surface area contributed by atoms with Crippen molar-refractivity contribution in [2.24, 2.45) is 0 Å². The van der Waals surface area contributed by atoms with E-state index in [-0.39, 0.29) is 0 Å². The van der Waals surface area contributed by atoms with Gasteiger partial charge in [0, 0.05) is 23.5 Å². The van der Waals surface area contributed by atoms with Gasteiger partial charge in [-0.2, -0.15) is 0 Å². The Hall–Kier alpha value is -1.71. The van der Waals surface area contributed by atoms with Crippen molar-refractivity contribution in [2.45, 2.75) is 26.8 Å². The fourth-order valence-corrected chi connectivity index (χ4v) is 1.53. The molecule has 4 nitrogen and oxygen atoms in total. The fourth-order valence-electron chi connectivity index (χ4n) is 1.53. The standard InChI is InChI=1S/C11H14N4/c1-8(2)15-7-13-14-11(15)10-5-4-6-12-9(10)3/h4-8H,1-3H3. The summed E-state index contributed by atoms with van der Waals surface area (Å²) in [5.74, 6) is 0.885. The van der Waals surface area contributed by atoms with Gasteiger partial charge in [0.15, 0.2) is 5.82 Å². The number of aromatic nitrogens is 4. The molecule has 0 bridgehead atoms. The molecule has 0 amide bonds. The van der Waals surface area contributed by atoms with E-state index in [9.17, 15) is 0 Å². The first-order valence-electron chi connectivity index (χ1n) is 5.01. The van der Waals surface area contributed by atoms with Crippen LogP contribution in [0.5, 0.6) is 0 Å². The molecule has 0 aliphatic heterocycles. The van der Waals surface area contributed by atoms with E-state index in [1.807, 2.05) is 23.6 Å². The van der Waals surface area contributed by atoms with Gasteiger partial charge >= 0.3 is 0 Å². The van der Waals surface area contributed by atoms with Crippen molar-refractivity contribution in [3.05, 3.63) is 30.4 Å². The number of hydrogen-bond acceptors (Lipinski definition) is 3. The van der Waals surface area contributed by atoms with Gasteiger partial charge in [-0.3, -0.25) is 4.98 Å². The first-order valence-corrected chi connectivity index (χ1v) is 5.01. The van der Waals surface area contributed by atoms with E-state index in [2.05, 4.69) is 29.0 Å². The highest BCUT2D eigenvalue weighted by atomic mass is 15.3. The van der Waals surface area contributed by atoms with Crippen LogP contribution in [0.4, 0.5) is 0 Å². The maximum Gasteiger partial charge on any atom is 0.165 e. The molecule has 0 saturated carbocycles. The molecule has 0 fully saturated rings. The summed E-state index contributed by atoms with van der Waals surface area (Å²) in [6, 6.07) is 4.29. The van der Waals surface area contributed by atoms with Crippen molar-refractivity contribution in [1.29, 1.82) is 0 Å². The molecule has 0 aromatic carbocycles. The van der Waals surface area contributed by atoms with E-state index < -0.39 is 0 Å². The molecule has 2 aromatic heterocycles. The van der Waals surface area contributed by atoms with E-state index >= 15 is 0 Å². The second-order valence-electron chi connectivity index (χ2n) is 3.79. The Kier molecular flexibility index (Phi) is 2.49. The van der Waals surface area contributed by atoms with E-state index in [0.29, 0.717) is 6.04 Å². The lowest BCUT2D eigenvalue weighted by Gasteiger charge is -2.10. The van der Waals surface area contributed by atoms with Crippen LogP contribution in [-0.2, 0) is 0 Å². The van der Waals surface area contributed by atoms with Crippen molar-refractivity contribution in [2.75, 3.05) is 0 Å². The molecule has 4 heteroatoms. The highest BCUT2D eigenvalue weighted by molar-refractivity contribution is 5.57. The highest BCUT2D eigenvalue weighted by Gasteiger charge is 2.11. The molecule has 2 rings (SSSR count). The van der Waals surface area contributed by atoms with Gasteiger partial charge in [-0.1, -0.05) is 0 Å². The van der Waals surface area contributed by atoms with Crippen molar-refractivity contribution < 1.29 is 0 Å². The lowest BCUT2D eigenvalue weighted by atomic mass is 10.2. The van der Waals surface area contributed by atoms with Crippen LogP contribution in [0.3, 0.4) is 0 Å². The van der Waals surface area contributed by atoms with Crippen LogP contribution in [0.1, 0.15) is 25.6 Å². The van der Waals surface area contributed by atoms with Gasteiger partial charge in [0.25, 0.3) is 0 Å². The van der Waals surface area contributed by atoms with Crippen LogP contribution in [0.15, 0.2) is 24.7 Å². The molecule has 2 heterocycles. The smallest absolute Gasteiger partial charge is 0.165 e. The lowest BCUT2D eigenvalue weighted by Crippen LogP contribution is -2.03. The van der Waals surface area contributed by atoms with Crippen molar-refractivity contribution >= 4 is 0 Å². The average molecular weight is 202 g/mol. The predicted molar refractivity (Wildman–Crippen MR) is 58.4 cm³/mol. The minimum Gasteiger partial charge on any atom is -0.311 e. The number of aryl methyl sites for hydroxylation is 1. The average Bonchev–Trinajstić information content (AvgIpc) is 2.67. The Morgan fingerprint density at radius 2 is 2.13 bits per heavy atom. The lowest BCUT2D eigenvalue weighted by molar-refractivity contribution is 0.603. The summed E-state index contributed by atoms with van der Waals surface area (Å²) in [6.07, 6.45) is 3.54. The minimum absolute atomic E-state index is 0.356. The van der Waals surface area contributed by atoms with Gasteiger partial charge in [0.1, 0.15) is 6.33 Å². The molecule has 0 saturated heterocycles. The zero-order chi connectivity index (χ0) is 10.8. The number of rotatable bonds is 2. The number of nitrogens with zero attached hydrogens (tertiary/aromatic N) is 4. The maximum absolute atomic E-state index is 4.25.